The van der Waals surface area contributed by atoms with Gasteiger partial charge in [-0.05, 0) is 45.7 Å². The molecular weight excluding hydrogens is 356 g/mol. The highest BCUT2D eigenvalue weighted by atomic mass is 16.6. The number of aromatic nitrogens is 1. The number of likely N-dealkylation sites (N-methyl/N-ethyl adjacent to an activating group) is 2. The molecule has 1 aliphatic rings. The molecule has 2 rings (SSSR count). The van der Waals surface area contributed by atoms with Crippen LogP contribution in [0.1, 0.15) is 39.3 Å². The quantitative estimate of drug-likeness (QED) is 0.746. The van der Waals surface area contributed by atoms with Crippen LogP contribution in [0.2, 0.25) is 0 Å². The van der Waals surface area contributed by atoms with E-state index in [1.165, 1.54) is 4.90 Å². The molecule has 7 heteroatoms. The van der Waals surface area contributed by atoms with Crippen molar-refractivity contribution < 1.29 is 14.3 Å². The largest absolute Gasteiger partial charge is 0.444 e. The number of ether oxygens (including phenoxy) is 1. The Bertz CT molecular complexity index is 637. The van der Waals surface area contributed by atoms with Gasteiger partial charge in [-0.15, -0.1) is 0 Å². The van der Waals surface area contributed by atoms with Crippen molar-refractivity contribution in [2.75, 3.05) is 40.3 Å². The third-order valence-corrected chi connectivity index (χ3v) is 4.99. The van der Waals surface area contributed by atoms with Crippen LogP contribution in [0.3, 0.4) is 0 Å². The molecule has 0 bridgehead atoms. The number of carbonyl (C=O) groups is 2. The molecule has 0 N–H and O–H groups in total. The molecule has 28 heavy (non-hydrogen) atoms. The molecule has 1 aromatic heterocycles. The summed E-state index contributed by atoms with van der Waals surface area (Å²) in [4.78, 5) is 34.5. The van der Waals surface area contributed by atoms with Crippen molar-refractivity contribution in [1.29, 1.82) is 0 Å². The van der Waals surface area contributed by atoms with E-state index >= 15 is 0 Å². The summed E-state index contributed by atoms with van der Waals surface area (Å²) in [7, 11) is 3.43. The lowest BCUT2D eigenvalue weighted by Crippen LogP contribution is -2.49. The molecule has 0 saturated carbocycles. The maximum Gasteiger partial charge on any atom is 0.410 e. The van der Waals surface area contributed by atoms with Crippen molar-refractivity contribution in [3.63, 3.8) is 0 Å². The summed E-state index contributed by atoms with van der Waals surface area (Å²) in [5.41, 5.74) is 0.546. The molecule has 2 amide bonds. The Morgan fingerprint density at radius 1 is 1.21 bits per heavy atom. The molecular formula is C21H34N4O3. The summed E-state index contributed by atoms with van der Waals surface area (Å²) >= 11 is 0. The van der Waals surface area contributed by atoms with Crippen LogP contribution in [0.15, 0.2) is 24.4 Å². The van der Waals surface area contributed by atoms with Crippen LogP contribution < -0.4 is 0 Å². The van der Waals surface area contributed by atoms with Gasteiger partial charge in [0.1, 0.15) is 12.1 Å². The maximum atomic E-state index is 12.6. The van der Waals surface area contributed by atoms with Gasteiger partial charge in [0.2, 0.25) is 5.91 Å². The second-order valence-electron chi connectivity index (χ2n) is 8.48. The van der Waals surface area contributed by atoms with E-state index in [0.717, 1.165) is 44.6 Å². The van der Waals surface area contributed by atoms with Crippen molar-refractivity contribution in [3.05, 3.63) is 30.1 Å². The minimum atomic E-state index is -0.567. The predicted molar refractivity (Wildman–Crippen MR) is 109 cm³/mol. The van der Waals surface area contributed by atoms with Gasteiger partial charge in [0.25, 0.3) is 0 Å². The number of pyridine rings is 1. The Kier molecular flexibility index (Phi) is 7.80. The fourth-order valence-corrected chi connectivity index (χ4v) is 3.27. The molecule has 0 spiro atoms. The summed E-state index contributed by atoms with van der Waals surface area (Å²) in [6.07, 6.45) is 4.19. The third-order valence-electron chi connectivity index (χ3n) is 4.99. The number of nitrogens with zero attached hydrogens (tertiary/aromatic N) is 4. The summed E-state index contributed by atoms with van der Waals surface area (Å²) in [6.45, 7) is 8.40. The zero-order valence-corrected chi connectivity index (χ0v) is 17.9. The fraction of sp³-hybridized carbons (Fsp3) is 0.667. The van der Waals surface area contributed by atoms with Crippen LogP contribution >= 0.6 is 0 Å². The first-order valence-corrected chi connectivity index (χ1v) is 9.98. The standard InChI is InChI=1S/C21H34N4O3/c1-21(2,3)28-20(27)23(4)16-19(26)24(5)18-10-14-25(15-11-18)13-9-17-8-6-7-12-22-17/h6-8,12,18H,9-11,13-16H2,1-5H3. The van der Waals surface area contributed by atoms with E-state index in [1.54, 1.807) is 11.9 Å². The van der Waals surface area contributed by atoms with Crippen molar-refractivity contribution in [1.82, 2.24) is 19.7 Å². The van der Waals surface area contributed by atoms with E-state index in [-0.39, 0.29) is 18.5 Å². The first-order chi connectivity index (χ1) is 13.2. The molecule has 0 aliphatic carbocycles. The Hall–Kier alpha value is -2.15. The number of carbonyl (C=O) groups excluding carboxylic acids is 2. The lowest BCUT2D eigenvalue weighted by Gasteiger charge is -2.37. The van der Waals surface area contributed by atoms with Crippen LogP contribution in [0.25, 0.3) is 0 Å². The summed E-state index contributed by atoms with van der Waals surface area (Å²) in [6, 6.07) is 6.22. The minimum Gasteiger partial charge on any atom is -0.444 e. The molecule has 1 aromatic rings. The second kappa shape index (κ2) is 9.87. The monoisotopic (exact) mass is 390 g/mol. The fourth-order valence-electron chi connectivity index (χ4n) is 3.27. The van der Waals surface area contributed by atoms with E-state index in [2.05, 4.69) is 16.0 Å². The highest BCUT2D eigenvalue weighted by molar-refractivity contribution is 5.82. The molecule has 1 saturated heterocycles. The van der Waals surface area contributed by atoms with E-state index in [1.807, 2.05) is 46.1 Å². The molecule has 0 atom stereocenters. The number of rotatable bonds is 6. The number of piperidine rings is 1. The average Bonchev–Trinajstić information content (AvgIpc) is 2.65. The Morgan fingerprint density at radius 2 is 1.89 bits per heavy atom. The molecule has 0 aromatic carbocycles. The highest BCUT2D eigenvalue weighted by Gasteiger charge is 2.27. The molecule has 1 aliphatic heterocycles. The van der Waals surface area contributed by atoms with Crippen molar-refractivity contribution in [3.8, 4) is 0 Å². The van der Waals surface area contributed by atoms with Gasteiger partial charge < -0.3 is 19.4 Å². The second-order valence-corrected chi connectivity index (χ2v) is 8.48. The van der Waals surface area contributed by atoms with Crippen LogP contribution in [-0.2, 0) is 16.0 Å². The van der Waals surface area contributed by atoms with Crippen LogP contribution in [0.5, 0.6) is 0 Å². The van der Waals surface area contributed by atoms with E-state index < -0.39 is 11.7 Å². The zero-order valence-electron chi connectivity index (χ0n) is 17.9. The van der Waals surface area contributed by atoms with Gasteiger partial charge >= 0.3 is 6.09 Å². The molecule has 156 valence electrons. The SMILES string of the molecule is CN(CC(=O)N(C)C1CCN(CCc2ccccn2)CC1)C(=O)OC(C)(C)C. The lowest BCUT2D eigenvalue weighted by molar-refractivity contribution is -0.133. The maximum absolute atomic E-state index is 12.6. The summed E-state index contributed by atoms with van der Waals surface area (Å²) in [5.74, 6) is -0.0553. The normalized spacial score (nSPS) is 15.9. The molecule has 2 heterocycles. The van der Waals surface area contributed by atoms with Gasteiger partial charge in [0.15, 0.2) is 0 Å². The van der Waals surface area contributed by atoms with Gasteiger partial charge in [-0.25, -0.2) is 4.79 Å². The van der Waals surface area contributed by atoms with E-state index in [9.17, 15) is 9.59 Å². The molecule has 0 radical (unpaired) electrons. The number of amides is 2. The molecule has 0 unspecified atom stereocenters. The first-order valence-electron chi connectivity index (χ1n) is 9.98. The Labute approximate surface area is 168 Å². The van der Waals surface area contributed by atoms with Gasteiger partial charge in [-0.1, -0.05) is 6.07 Å². The van der Waals surface area contributed by atoms with Crippen molar-refractivity contribution in [2.24, 2.45) is 0 Å². The molecule has 1 fully saturated rings. The smallest absolute Gasteiger partial charge is 0.410 e. The van der Waals surface area contributed by atoms with Gasteiger partial charge in [0.05, 0.1) is 0 Å². The number of hydrogen-bond acceptors (Lipinski definition) is 5. The van der Waals surface area contributed by atoms with Gasteiger partial charge in [-0.3, -0.25) is 9.78 Å². The minimum absolute atomic E-state index is 0.0330. The van der Waals surface area contributed by atoms with Gasteiger partial charge in [-0.2, -0.15) is 0 Å². The van der Waals surface area contributed by atoms with E-state index in [0.29, 0.717) is 0 Å². The van der Waals surface area contributed by atoms with Gasteiger partial charge in [0, 0.05) is 58.1 Å². The topological polar surface area (TPSA) is 66.0 Å². The average molecular weight is 391 g/mol. The molecule has 7 nitrogen and oxygen atoms in total. The van der Waals surface area contributed by atoms with Crippen LogP contribution in [0.4, 0.5) is 4.79 Å². The highest BCUT2D eigenvalue weighted by Crippen LogP contribution is 2.16. The third kappa shape index (κ3) is 7.11. The number of hydrogen-bond donors (Lipinski definition) is 0. The summed E-state index contributed by atoms with van der Waals surface area (Å²) in [5, 5.41) is 0. The van der Waals surface area contributed by atoms with Crippen LogP contribution in [-0.4, -0.2) is 83.6 Å². The Morgan fingerprint density at radius 3 is 2.46 bits per heavy atom. The van der Waals surface area contributed by atoms with Crippen LogP contribution in [0, 0.1) is 0 Å². The van der Waals surface area contributed by atoms with E-state index in [4.69, 9.17) is 4.74 Å². The summed E-state index contributed by atoms with van der Waals surface area (Å²) < 4.78 is 5.31. The Balaban J connectivity index is 1.73. The predicted octanol–water partition coefficient (Wildman–Crippen LogP) is 2.41. The lowest BCUT2D eigenvalue weighted by atomic mass is 10.0. The number of likely N-dealkylation sites (tertiary alicyclic amines) is 1. The van der Waals surface area contributed by atoms with Crippen molar-refractivity contribution >= 4 is 12.0 Å². The zero-order chi connectivity index (χ0) is 20.7. The van der Waals surface area contributed by atoms with Crippen molar-refractivity contribution in [2.45, 2.75) is 51.7 Å². The first kappa shape index (κ1) is 22.1.